The Hall–Kier alpha value is -3.51. The number of sulfonamides is 1. The van der Waals surface area contributed by atoms with Crippen LogP contribution in [0.3, 0.4) is 0 Å². The number of anilines is 1. The van der Waals surface area contributed by atoms with Crippen LogP contribution < -0.4 is 4.72 Å². The maximum Gasteiger partial charge on any atom is 0.264 e. The fraction of sp³-hybridized carbons (Fsp3) is 0.0833. The van der Waals surface area contributed by atoms with Gasteiger partial charge in [-0.3, -0.25) is 0 Å². The van der Waals surface area contributed by atoms with Gasteiger partial charge in [-0.2, -0.15) is 0 Å². The Bertz CT molecular complexity index is 1270. The molecule has 3 aromatic carbocycles. The molecule has 30 heavy (non-hydrogen) atoms. The van der Waals surface area contributed by atoms with Crippen LogP contribution in [0.2, 0.25) is 0 Å². The quantitative estimate of drug-likeness (QED) is 0.485. The highest BCUT2D eigenvalue weighted by atomic mass is 32.2. The molecule has 150 valence electrons. The molecule has 4 rings (SSSR count). The van der Waals surface area contributed by atoms with E-state index in [1.165, 1.54) is 0 Å². The van der Waals surface area contributed by atoms with E-state index in [1.54, 1.807) is 24.3 Å². The topological polar surface area (TPSA) is 72.0 Å². The van der Waals surface area contributed by atoms with Crippen LogP contribution in [0.25, 0.3) is 22.5 Å². The summed E-state index contributed by atoms with van der Waals surface area (Å²) in [5, 5.41) is 0. The lowest BCUT2D eigenvalue weighted by Gasteiger charge is -2.11. The summed E-state index contributed by atoms with van der Waals surface area (Å²) in [4.78, 5) is 9.12. The Morgan fingerprint density at radius 3 is 1.73 bits per heavy atom. The normalized spacial score (nSPS) is 11.3. The van der Waals surface area contributed by atoms with Gasteiger partial charge >= 0.3 is 0 Å². The molecule has 1 N–H and O–H groups in total. The smallest absolute Gasteiger partial charge is 0.247 e. The molecule has 0 radical (unpaired) electrons. The Labute approximate surface area is 176 Å². The van der Waals surface area contributed by atoms with Crippen LogP contribution in [-0.2, 0) is 10.0 Å². The molecule has 1 aromatic heterocycles. The Balaban J connectivity index is 1.79. The molecule has 5 nitrogen and oxygen atoms in total. The first-order chi connectivity index (χ1) is 14.4. The molecule has 6 heteroatoms. The van der Waals surface area contributed by atoms with Crippen molar-refractivity contribution in [3.05, 3.63) is 96.1 Å². The first-order valence-electron chi connectivity index (χ1n) is 9.52. The molecular formula is C24H21N3O2S. The summed E-state index contributed by atoms with van der Waals surface area (Å²) in [5.41, 5.74) is 5.17. The third-order valence-electron chi connectivity index (χ3n) is 4.70. The van der Waals surface area contributed by atoms with E-state index < -0.39 is 10.0 Å². The Kier molecular flexibility index (Phi) is 5.33. The zero-order valence-corrected chi connectivity index (χ0v) is 17.5. The van der Waals surface area contributed by atoms with Crippen LogP contribution in [0.1, 0.15) is 11.1 Å². The lowest BCUT2D eigenvalue weighted by Crippen LogP contribution is -2.15. The minimum atomic E-state index is -3.81. The van der Waals surface area contributed by atoms with Gasteiger partial charge in [-0.25, -0.2) is 23.1 Å². The standard InChI is InChI=1S/C24H21N3O2S/c1-17-8-12-20(13-9-17)23-16-22(19-6-4-3-5-7-19)25-24(26-23)27-30(28,29)21-14-10-18(2)11-15-21/h3-16H,1-2H3,(H,25,26,27). The molecule has 0 bridgehead atoms. The molecule has 0 aliphatic rings. The maximum absolute atomic E-state index is 12.9. The fourth-order valence-electron chi connectivity index (χ4n) is 3.02. The predicted octanol–water partition coefficient (Wildman–Crippen LogP) is 5.23. The molecule has 0 unspecified atom stereocenters. The average molecular weight is 416 g/mol. The van der Waals surface area contributed by atoms with Crippen LogP contribution in [0.15, 0.2) is 89.8 Å². The van der Waals surface area contributed by atoms with Crippen LogP contribution in [-0.4, -0.2) is 18.4 Å². The van der Waals surface area contributed by atoms with E-state index in [0.717, 1.165) is 22.3 Å². The molecule has 0 amide bonds. The highest BCUT2D eigenvalue weighted by Crippen LogP contribution is 2.26. The second kappa shape index (κ2) is 8.08. The van der Waals surface area contributed by atoms with Gasteiger partial charge in [0.05, 0.1) is 16.3 Å². The van der Waals surface area contributed by atoms with Gasteiger partial charge in [0.15, 0.2) is 0 Å². The van der Waals surface area contributed by atoms with Crippen molar-refractivity contribution in [3.63, 3.8) is 0 Å². The largest absolute Gasteiger partial charge is 0.264 e. The second-order valence-electron chi connectivity index (χ2n) is 7.11. The summed E-state index contributed by atoms with van der Waals surface area (Å²) in [6.07, 6.45) is 0. The lowest BCUT2D eigenvalue weighted by molar-refractivity contribution is 0.601. The number of nitrogens with zero attached hydrogens (tertiary/aromatic N) is 2. The van der Waals surface area contributed by atoms with Crippen molar-refractivity contribution in [2.75, 3.05) is 4.72 Å². The van der Waals surface area contributed by atoms with Gasteiger partial charge in [-0.05, 0) is 32.0 Å². The molecule has 0 aliphatic carbocycles. The predicted molar refractivity (Wildman–Crippen MR) is 120 cm³/mol. The van der Waals surface area contributed by atoms with Crippen molar-refractivity contribution in [1.82, 2.24) is 9.97 Å². The molecule has 0 spiro atoms. The van der Waals surface area contributed by atoms with Crippen LogP contribution in [0, 0.1) is 13.8 Å². The third-order valence-corrected chi connectivity index (χ3v) is 6.04. The van der Waals surface area contributed by atoms with Gasteiger partial charge in [0, 0.05) is 11.1 Å². The zero-order chi connectivity index (χ0) is 21.1. The number of benzene rings is 3. The van der Waals surface area contributed by atoms with Gasteiger partial charge in [0.25, 0.3) is 10.0 Å². The summed E-state index contributed by atoms with van der Waals surface area (Å²) in [6.45, 7) is 3.92. The second-order valence-corrected chi connectivity index (χ2v) is 8.80. The van der Waals surface area contributed by atoms with E-state index in [2.05, 4.69) is 14.7 Å². The van der Waals surface area contributed by atoms with Crippen molar-refractivity contribution < 1.29 is 8.42 Å². The first-order valence-corrected chi connectivity index (χ1v) is 11.0. The Morgan fingerprint density at radius 2 is 1.17 bits per heavy atom. The molecule has 1 heterocycles. The molecule has 0 saturated carbocycles. The fourth-order valence-corrected chi connectivity index (χ4v) is 3.96. The summed E-state index contributed by atoms with van der Waals surface area (Å²) in [6, 6.07) is 26.1. The number of aromatic nitrogens is 2. The van der Waals surface area contributed by atoms with Crippen molar-refractivity contribution in [3.8, 4) is 22.5 Å². The van der Waals surface area contributed by atoms with Crippen LogP contribution in [0.4, 0.5) is 5.95 Å². The van der Waals surface area contributed by atoms with Gasteiger partial charge in [-0.1, -0.05) is 77.9 Å². The van der Waals surface area contributed by atoms with Gasteiger partial charge in [0.1, 0.15) is 0 Å². The van der Waals surface area contributed by atoms with E-state index in [1.807, 2.05) is 74.5 Å². The first kappa shape index (κ1) is 19.8. The maximum atomic E-state index is 12.9. The van der Waals surface area contributed by atoms with Crippen LogP contribution in [0.5, 0.6) is 0 Å². The van der Waals surface area contributed by atoms with Crippen LogP contribution >= 0.6 is 0 Å². The van der Waals surface area contributed by atoms with E-state index >= 15 is 0 Å². The van der Waals surface area contributed by atoms with Crippen molar-refractivity contribution in [2.45, 2.75) is 18.7 Å². The average Bonchev–Trinajstić information content (AvgIpc) is 2.74. The summed E-state index contributed by atoms with van der Waals surface area (Å²) >= 11 is 0. The summed E-state index contributed by atoms with van der Waals surface area (Å²) in [7, 11) is -3.81. The van der Waals surface area contributed by atoms with E-state index in [9.17, 15) is 8.42 Å². The van der Waals surface area contributed by atoms with E-state index in [-0.39, 0.29) is 10.8 Å². The number of nitrogens with one attached hydrogen (secondary N) is 1. The molecule has 0 atom stereocenters. The lowest BCUT2D eigenvalue weighted by atomic mass is 10.1. The molecule has 0 aliphatic heterocycles. The monoisotopic (exact) mass is 415 g/mol. The highest BCUT2D eigenvalue weighted by molar-refractivity contribution is 7.92. The summed E-state index contributed by atoms with van der Waals surface area (Å²) < 4.78 is 28.3. The molecule has 0 saturated heterocycles. The number of hydrogen-bond donors (Lipinski definition) is 1. The summed E-state index contributed by atoms with van der Waals surface area (Å²) in [5.74, 6) is 0.0347. The third kappa shape index (κ3) is 4.39. The minimum Gasteiger partial charge on any atom is -0.247 e. The van der Waals surface area contributed by atoms with Crippen molar-refractivity contribution in [1.29, 1.82) is 0 Å². The molecule has 4 aromatic rings. The zero-order valence-electron chi connectivity index (χ0n) is 16.7. The Morgan fingerprint density at radius 1 is 0.667 bits per heavy atom. The van der Waals surface area contributed by atoms with E-state index in [4.69, 9.17) is 0 Å². The van der Waals surface area contributed by atoms with Crippen molar-refractivity contribution >= 4 is 16.0 Å². The number of rotatable bonds is 5. The van der Waals surface area contributed by atoms with E-state index in [0.29, 0.717) is 11.4 Å². The molecular weight excluding hydrogens is 394 g/mol. The number of hydrogen-bond acceptors (Lipinski definition) is 4. The number of aryl methyl sites for hydroxylation is 2. The highest BCUT2D eigenvalue weighted by Gasteiger charge is 2.17. The SMILES string of the molecule is Cc1ccc(-c2cc(-c3ccccc3)nc(NS(=O)(=O)c3ccc(C)cc3)n2)cc1. The minimum absolute atomic E-state index is 0.0347. The van der Waals surface area contributed by atoms with Gasteiger partial charge in [-0.15, -0.1) is 0 Å². The van der Waals surface area contributed by atoms with Gasteiger partial charge in [0.2, 0.25) is 5.95 Å². The van der Waals surface area contributed by atoms with Gasteiger partial charge < -0.3 is 0 Å². The molecule has 0 fully saturated rings. The van der Waals surface area contributed by atoms with Crippen molar-refractivity contribution in [2.24, 2.45) is 0 Å².